The predicted molar refractivity (Wildman–Crippen MR) is 74.6 cm³/mol. The lowest BCUT2D eigenvalue weighted by Crippen LogP contribution is -2.47. The number of rotatable bonds is 2. The number of hydrogen-bond acceptors (Lipinski definition) is 5. The summed E-state index contributed by atoms with van der Waals surface area (Å²) in [6, 6.07) is 11.3. The average molecular weight is 271 g/mol. The molecule has 20 heavy (non-hydrogen) atoms. The van der Waals surface area contributed by atoms with Gasteiger partial charge in [0, 0.05) is 5.56 Å². The van der Waals surface area contributed by atoms with Crippen molar-refractivity contribution in [1.82, 2.24) is 0 Å². The number of nitrogens with two attached hydrogens (primary N) is 1. The van der Waals surface area contributed by atoms with Crippen LogP contribution in [-0.2, 0) is 5.79 Å². The number of carboxylic acid groups (broad SMARTS) is 1. The Hall–Kier alpha value is -2.73. The summed E-state index contributed by atoms with van der Waals surface area (Å²) < 4.78 is 0. The third-order valence-corrected chi connectivity index (χ3v) is 3.27. The van der Waals surface area contributed by atoms with Crippen molar-refractivity contribution in [3.8, 4) is 5.75 Å². The molecule has 0 fully saturated rings. The van der Waals surface area contributed by atoms with Gasteiger partial charge in [0.25, 0.3) is 0 Å². The number of carbonyl (C=O) groups is 1. The molecule has 1 atom stereocenters. The first-order chi connectivity index (χ1) is 9.49. The maximum Gasteiger partial charge on any atom is 0.337 e. The van der Waals surface area contributed by atoms with E-state index in [0.29, 0.717) is 16.9 Å². The Labute approximate surface area is 114 Å². The molecule has 0 aromatic heterocycles. The van der Waals surface area contributed by atoms with Gasteiger partial charge in [-0.15, -0.1) is 0 Å². The molecule has 6 N–H and O–H groups in total. The molecule has 3 rings (SSSR count). The summed E-state index contributed by atoms with van der Waals surface area (Å²) in [5, 5.41) is 24.6. The third kappa shape index (κ3) is 1.83. The fraction of sp³-hybridized carbons (Fsp3) is 0.0714. The molecule has 6 nitrogen and oxygen atoms in total. The van der Waals surface area contributed by atoms with Crippen LogP contribution in [0, 0.1) is 0 Å². The van der Waals surface area contributed by atoms with Crippen LogP contribution in [0.3, 0.4) is 0 Å². The van der Waals surface area contributed by atoms with Gasteiger partial charge in [-0.05, 0) is 36.4 Å². The second kappa shape index (κ2) is 4.14. The van der Waals surface area contributed by atoms with Crippen molar-refractivity contribution in [2.24, 2.45) is 5.73 Å². The standard InChI is InChI=1S/C14H13N3O3/c15-14(8-4-6-9(18)7-5-8)16-11-3-1-2-10(13(19)20)12(11)17-14/h1-7,16-18H,15H2,(H,19,20). The Bertz CT molecular complexity index is 685. The highest BCUT2D eigenvalue weighted by Gasteiger charge is 2.36. The molecule has 6 heteroatoms. The number of nitrogens with one attached hydrogen (secondary N) is 2. The van der Waals surface area contributed by atoms with E-state index in [1.54, 1.807) is 24.3 Å². The molecule has 0 saturated carbocycles. The first kappa shape index (κ1) is 12.3. The van der Waals surface area contributed by atoms with E-state index in [2.05, 4.69) is 10.6 Å². The number of para-hydroxylation sites is 1. The van der Waals surface area contributed by atoms with Gasteiger partial charge in [0.15, 0.2) is 5.79 Å². The van der Waals surface area contributed by atoms with Crippen molar-refractivity contribution >= 4 is 17.3 Å². The van der Waals surface area contributed by atoms with E-state index in [9.17, 15) is 15.0 Å². The van der Waals surface area contributed by atoms with Gasteiger partial charge in [-0.25, -0.2) is 4.79 Å². The monoisotopic (exact) mass is 271 g/mol. The fourth-order valence-electron chi connectivity index (χ4n) is 2.28. The Morgan fingerprint density at radius 1 is 1.10 bits per heavy atom. The lowest BCUT2D eigenvalue weighted by Gasteiger charge is -2.26. The van der Waals surface area contributed by atoms with E-state index in [4.69, 9.17) is 5.73 Å². The van der Waals surface area contributed by atoms with Gasteiger partial charge in [-0.1, -0.05) is 6.07 Å². The van der Waals surface area contributed by atoms with Crippen LogP contribution in [-0.4, -0.2) is 16.2 Å². The Kier molecular flexibility index (Phi) is 2.55. The van der Waals surface area contributed by atoms with Crippen LogP contribution >= 0.6 is 0 Å². The van der Waals surface area contributed by atoms with Crippen molar-refractivity contribution in [3.05, 3.63) is 53.6 Å². The van der Waals surface area contributed by atoms with Crippen molar-refractivity contribution < 1.29 is 15.0 Å². The zero-order valence-corrected chi connectivity index (χ0v) is 10.4. The number of benzene rings is 2. The maximum absolute atomic E-state index is 11.2. The number of anilines is 2. The normalized spacial score (nSPS) is 19.9. The first-order valence-electron chi connectivity index (χ1n) is 6.01. The number of carboxylic acids is 1. The van der Waals surface area contributed by atoms with Crippen LogP contribution in [0.5, 0.6) is 5.75 Å². The van der Waals surface area contributed by atoms with Crippen molar-refractivity contribution in [2.45, 2.75) is 5.79 Å². The summed E-state index contributed by atoms with van der Waals surface area (Å²) in [5.41, 5.74) is 8.17. The van der Waals surface area contributed by atoms with Crippen molar-refractivity contribution in [2.75, 3.05) is 10.6 Å². The number of hydrogen-bond donors (Lipinski definition) is 5. The van der Waals surface area contributed by atoms with Crippen LogP contribution in [0.25, 0.3) is 0 Å². The van der Waals surface area contributed by atoms with E-state index in [-0.39, 0.29) is 11.3 Å². The lowest BCUT2D eigenvalue weighted by atomic mass is 10.1. The van der Waals surface area contributed by atoms with Crippen molar-refractivity contribution in [1.29, 1.82) is 0 Å². The molecule has 102 valence electrons. The number of phenols is 1. The van der Waals surface area contributed by atoms with E-state index in [1.807, 2.05) is 0 Å². The highest BCUT2D eigenvalue weighted by Crippen LogP contribution is 2.39. The molecule has 0 saturated heterocycles. The smallest absolute Gasteiger partial charge is 0.337 e. The second-order valence-electron chi connectivity index (χ2n) is 4.64. The highest BCUT2D eigenvalue weighted by molar-refractivity contribution is 5.99. The van der Waals surface area contributed by atoms with Crippen LogP contribution in [0.1, 0.15) is 15.9 Å². The molecule has 2 aromatic rings. The SMILES string of the molecule is NC1(c2ccc(O)cc2)Nc2cccc(C(=O)O)c2N1. The Morgan fingerprint density at radius 3 is 2.45 bits per heavy atom. The van der Waals surface area contributed by atoms with Gasteiger partial charge in [0.05, 0.1) is 16.9 Å². The van der Waals surface area contributed by atoms with E-state index in [0.717, 1.165) is 0 Å². The Morgan fingerprint density at radius 2 is 1.80 bits per heavy atom. The topological polar surface area (TPSA) is 108 Å². The molecule has 0 aliphatic carbocycles. The molecule has 0 spiro atoms. The molecule has 1 heterocycles. The summed E-state index contributed by atoms with van der Waals surface area (Å²) in [5.74, 6) is -1.99. The highest BCUT2D eigenvalue weighted by atomic mass is 16.4. The number of fused-ring (bicyclic) bond motifs is 1. The van der Waals surface area contributed by atoms with E-state index in [1.165, 1.54) is 18.2 Å². The maximum atomic E-state index is 11.2. The summed E-state index contributed by atoms with van der Waals surface area (Å²) in [6.45, 7) is 0. The quantitative estimate of drug-likeness (QED) is 0.569. The van der Waals surface area contributed by atoms with Crippen LogP contribution in [0.4, 0.5) is 11.4 Å². The molecule has 1 unspecified atom stereocenters. The predicted octanol–water partition coefficient (Wildman–Crippen LogP) is 1.70. The summed E-state index contributed by atoms with van der Waals surface area (Å²) >= 11 is 0. The number of phenolic OH excluding ortho intramolecular Hbond substituents is 1. The minimum atomic E-state index is -1.11. The number of aromatic hydroxyl groups is 1. The van der Waals surface area contributed by atoms with Gasteiger partial charge < -0.3 is 20.8 Å². The molecular formula is C14H13N3O3. The lowest BCUT2D eigenvalue weighted by molar-refractivity contribution is 0.0698. The van der Waals surface area contributed by atoms with Crippen molar-refractivity contribution in [3.63, 3.8) is 0 Å². The fourth-order valence-corrected chi connectivity index (χ4v) is 2.28. The zero-order valence-electron chi connectivity index (χ0n) is 10.4. The van der Waals surface area contributed by atoms with Crippen LogP contribution < -0.4 is 16.4 Å². The minimum Gasteiger partial charge on any atom is -0.508 e. The molecular weight excluding hydrogens is 258 g/mol. The molecule has 2 aromatic carbocycles. The van der Waals surface area contributed by atoms with Gasteiger partial charge in [0.1, 0.15) is 5.75 Å². The Balaban J connectivity index is 2.03. The molecule has 0 bridgehead atoms. The van der Waals surface area contributed by atoms with Crippen LogP contribution in [0.15, 0.2) is 42.5 Å². The number of aromatic carboxylic acids is 1. The van der Waals surface area contributed by atoms with Crippen LogP contribution in [0.2, 0.25) is 0 Å². The molecule has 1 aliphatic rings. The average Bonchev–Trinajstić information content (AvgIpc) is 2.76. The van der Waals surface area contributed by atoms with Gasteiger partial charge >= 0.3 is 5.97 Å². The van der Waals surface area contributed by atoms with Gasteiger partial charge in [0.2, 0.25) is 0 Å². The van der Waals surface area contributed by atoms with E-state index < -0.39 is 11.8 Å². The van der Waals surface area contributed by atoms with Gasteiger partial charge in [-0.2, -0.15) is 0 Å². The molecule has 0 radical (unpaired) electrons. The second-order valence-corrected chi connectivity index (χ2v) is 4.64. The third-order valence-electron chi connectivity index (χ3n) is 3.27. The summed E-state index contributed by atoms with van der Waals surface area (Å²) in [4.78, 5) is 11.2. The minimum absolute atomic E-state index is 0.138. The summed E-state index contributed by atoms with van der Waals surface area (Å²) in [6.07, 6.45) is 0. The largest absolute Gasteiger partial charge is 0.508 e. The zero-order chi connectivity index (χ0) is 14.3. The molecule has 0 amide bonds. The summed E-state index contributed by atoms with van der Waals surface area (Å²) in [7, 11) is 0. The molecule has 1 aliphatic heterocycles. The first-order valence-corrected chi connectivity index (χ1v) is 6.01. The van der Waals surface area contributed by atoms with E-state index >= 15 is 0 Å². The van der Waals surface area contributed by atoms with Gasteiger partial charge in [-0.3, -0.25) is 5.73 Å².